The first-order valence-electron chi connectivity index (χ1n) is 6.80. The van der Waals surface area contributed by atoms with Gasteiger partial charge in [-0.25, -0.2) is 4.39 Å². The first-order chi connectivity index (χ1) is 10.1. The first kappa shape index (κ1) is 14.2. The van der Waals surface area contributed by atoms with Gasteiger partial charge in [-0.2, -0.15) is 0 Å². The number of aromatic hydroxyl groups is 2. The molecule has 0 amide bonds. The minimum absolute atomic E-state index is 0.0396. The summed E-state index contributed by atoms with van der Waals surface area (Å²) in [6, 6.07) is 9.51. The van der Waals surface area contributed by atoms with Crippen molar-refractivity contribution in [1.29, 1.82) is 0 Å². The highest BCUT2D eigenvalue weighted by atomic mass is 32.2. The molecule has 5 heteroatoms. The number of nitrogens with one attached hydrogen (secondary N) is 1. The van der Waals surface area contributed by atoms with Crippen molar-refractivity contribution in [3.05, 3.63) is 53.3 Å². The Bertz CT molecular complexity index is 663. The van der Waals surface area contributed by atoms with Crippen molar-refractivity contribution in [3.63, 3.8) is 0 Å². The Labute approximate surface area is 126 Å². The zero-order valence-corrected chi connectivity index (χ0v) is 12.2. The van der Waals surface area contributed by atoms with E-state index in [0.29, 0.717) is 12.1 Å². The van der Waals surface area contributed by atoms with Gasteiger partial charge in [0.25, 0.3) is 0 Å². The van der Waals surface area contributed by atoms with E-state index in [2.05, 4.69) is 5.32 Å². The number of phenols is 2. The van der Waals surface area contributed by atoms with E-state index in [1.54, 1.807) is 30.0 Å². The molecule has 0 saturated carbocycles. The third kappa shape index (κ3) is 3.14. The molecule has 2 aromatic rings. The lowest BCUT2D eigenvalue weighted by atomic mass is 10.0. The van der Waals surface area contributed by atoms with Crippen LogP contribution >= 0.6 is 11.8 Å². The van der Waals surface area contributed by atoms with Crippen LogP contribution in [0.2, 0.25) is 0 Å². The van der Waals surface area contributed by atoms with Gasteiger partial charge in [0, 0.05) is 29.1 Å². The lowest BCUT2D eigenvalue weighted by Crippen LogP contribution is -2.24. The number of thioether (sulfide) groups is 1. The topological polar surface area (TPSA) is 52.5 Å². The predicted molar refractivity (Wildman–Crippen MR) is 81.1 cm³/mol. The van der Waals surface area contributed by atoms with Crippen molar-refractivity contribution in [2.75, 3.05) is 5.75 Å². The molecule has 1 heterocycles. The summed E-state index contributed by atoms with van der Waals surface area (Å²) >= 11 is 1.74. The second-order valence-electron chi connectivity index (χ2n) is 5.07. The highest BCUT2D eigenvalue weighted by Crippen LogP contribution is 2.36. The molecule has 1 unspecified atom stereocenters. The Morgan fingerprint density at radius 1 is 1.19 bits per heavy atom. The minimum atomic E-state index is -0.226. The predicted octanol–water partition coefficient (Wildman–Crippen LogP) is 3.56. The van der Waals surface area contributed by atoms with Crippen LogP contribution in [0.25, 0.3) is 0 Å². The van der Waals surface area contributed by atoms with Crippen molar-refractivity contribution in [2.24, 2.45) is 0 Å². The largest absolute Gasteiger partial charge is 0.508 e. The van der Waals surface area contributed by atoms with Gasteiger partial charge in [-0.05, 0) is 42.0 Å². The van der Waals surface area contributed by atoms with Gasteiger partial charge in [0.1, 0.15) is 17.3 Å². The Balaban J connectivity index is 1.76. The molecule has 0 bridgehead atoms. The summed E-state index contributed by atoms with van der Waals surface area (Å²) in [5, 5.41) is 22.4. The van der Waals surface area contributed by atoms with E-state index in [4.69, 9.17) is 0 Å². The highest BCUT2D eigenvalue weighted by molar-refractivity contribution is 7.99. The van der Waals surface area contributed by atoms with Gasteiger partial charge in [0.05, 0.1) is 0 Å². The van der Waals surface area contributed by atoms with Crippen LogP contribution in [0.5, 0.6) is 11.5 Å². The fourth-order valence-electron chi connectivity index (χ4n) is 2.51. The molecule has 2 aromatic carbocycles. The number of fused-ring (bicyclic) bond motifs is 1. The molecule has 21 heavy (non-hydrogen) atoms. The Kier molecular flexibility index (Phi) is 4.03. The number of phenolic OH excluding ortho intramolecular Hbond substituents is 2. The molecule has 0 fully saturated rings. The minimum Gasteiger partial charge on any atom is -0.508 e. The molecule has 0 aliphatic carbocycles. The third-order valence-electron chi connectivity index (χ3n) is 3.62. The molecule has 3 nitrogen and oxygen atoms in total. The lowest BCUT2D eigenvalue weighted by molar-refractivity contribution is 0.437. The van der Waals surface area contributed by atoms with Gasteiger partial charge in [-0.15, -0.1) is 11.8 Å². The molecule has 1 aliphatic rings. The van der Waals surface area contributed by atoms with Crippen LogP contribution in [0.3, 0.4) is 0 Å². The summed E-state index contributed by atoms with van der Waals surface area (Å²) in [7, 11) is 0. The molecular formula is C16H16FNO2S. The van der Waals surface area contributed by atoms with Crippen LogP contribution in [-0.4, -0.2) is 16.0 Å². The van der Waals surface area contributed by atoms with E-state index in [-0.39, 0.29) is 23.4 Å². The van der Waals surface area contributed by atoms with Gasteiger partial charge in [-0.1, -0.05) is 6.07 Å². The molecule has 0 saturated heterocycles. The van der Waals surface area contributed by atoms with Gasteiger partial charge in [0.2, 0.25) is 0 Å². The van der Waals surface area contributed by atoms with Crippen molar-refractivity contribution in [2.45, 2.75) is 23.9 Å². The van der Waals surface area contributed by atoms with Gasteiger partial charge in [-0.3, -0.25) is 0 Å². The van der Waals surface area contributed by atoms with Crippen LogP contribution in [0.15, 0.2) is 41.3 Å². The fraction of sp³-hybridized carbons (Fsp3) is 0.250. The third-order valence-corrected chi connectivity index (χ3v) is 4.74. The fourth-order valence-corrected chi connectivity index (χ4v) is 3.62. The number of rotatable bonds is 3. The molecule has 1 atom stereocenters. The van der Waals surface area contributed by atoms with Crippen LogP contribution in [0.4, 0.5) is 4.39 Å². The second-order valence-corrected chi connectivity index (χ2v) is 6.20. The average Bonchev–Trinajstić information content (AvgIpc) is 2.46. The molecule has 3 rings (SSSR count). The number of benzene rings is 2. The summed E-state index contributed by atoms with van der Waals surface area (Å²) in [4.78, 5) is 1.11. The molecule has 3 N–H and O–H groups in total. The maximum absolute atomic E-state index is 13.4. The monoisotopic (exact) mass is 305 g/mol. The van der Waals surface area contributed by atoms with Crippen molar-refractivity contribution in [1.82, 2.24) is 5.32 Å². The van der Waals surface area contributed by atoms with Crippen LogP contribution in [-0.2, 0) is 6.54 Å². The van der Waals surface area contributed by atoms with Gasteiger partial charge in [0.15, 0.2) is 0 Å². The molecule has 110 valence electrons. The van der Waals surface area contributed by atoms with E-state index in [1.807, 2.05) is 6.07 Å². The van der Waals surface area contributed by atoms with E-state index in [1.165, 1.54) is 12.1 Å². The van der Waals surface area contributed by atoms with Crippen LogP contribution in [0, 0.1) is 5.82 Å². The van der Waals surface area contributed by atoms with Crippen LogP contribution in [0.1, 0.15) is 23.6 Å². The van der Waals surface area contributed by atoms with Crippen molar-refractivity contribution < 1.29 is 14.6 Å². The Hall–Kier alpha value is -1.72. The summed E-state index contributed by atoms with van der Waals surface area (Å²) in [6.45, 7) is 0.470. The standard InChI is InChI=1S/C16H16FNO2S/c17-11-2-4-16-13(7-11)14(5-6-21-16)18-9-10-1-3-12(19)8-15(10)20/h1-4,7-8,14,18-20H,5-6,9H2. The van der Waals surface area contributed by atoms with Gasteiger partial charge >= 0.3 is 0 Å². The van der Waals surface area contributed by atoms with Crippen molar-refractivity contribution >= 4 is 11.8 Å². The normalized spacial score (nSPS) is 17.5. The lowest BCUT2D eigenvalue weighted by Gasteiger charge is -2.26. The first-order valence-corrected chi connectivity index (χ1v) is 7.78. The molecular weight excluding hydrogens is 289 g/mol. The maximum atomic E-state index is 13.4. The Morgan fingerprint density at radius 2 is 2.05 bits per heavy atom. The van der Waals surface area contributed by atoms with Crippen molar-refractivity contribution in [3.8, 4) is 11.5 Å². The molecule has 0 radical (unpaired) electrons. The smallest absolute Gasteiger partial charge is 0.123 e. The quantitative estimate of drug-likeness (QED) is 0.811. The SMILES string of the molecule is Oc1ccc(CNC2CCSc3ccc(F)cc32)c(O)c1. The van der Waals surface area contributed by atoms with E-state index < -0.39 is 0 Å². The number of hydrogen-bond donors (Lipinski definition) is 3. The van der Waals surface area contributed by atoms with E-state index in [9.17, 15) is 14.6 Å². The zero-order valence-electron chi connectivity index (χ0n) is 11.3. The average molecular weight is 305 g/mol. The second kappa shape index (κ2) is 5.95. The summed E-state index contributed by atoms with van der Waals surface area (Å²) in [5.41, 5.74) is 1.69. The summed E-state index contributed by atoms with van der Waals surface area (Å²) in [6.07, 6.45) is 0.917. The maximum Gasteiger partial charge on any atom is 0.123 e. The molecule has 1 aliphatic heterocycles. The Morgan fingerprint density at radius 3 is 2.86 bits per heavy atom. The summed E-state index contributed by atoms with van der Waals surface area (Å²) in [5.74, 6) is 0.859. The van der Waals surface area contributed by atoms with Crippen LogP contribution < -0.4 is 5.32 Å². The number of halogens is 1. The number of hydrogen-bond acceptors (Lipinski definition) is 4. The van der Waals surface area contributed by atoms with E-state index >= 15 is 0 Å². The zero-order chi connectivity index (χ0) is 14.8. The van der Waals surface area contributed by atoms with E-state index in [0.717, 1.165) is 22.6 Å². The molecule has 0 aromatic heterocycles. The van der Waals surface area contributed by atoms with Gasteiger partial charge < -0.3 is 15.5 Å². The molecule has 0 spiro atoms. The highest BCUT2D eigenvalue weighted by Gasteiger charge is 2.21. The summed E-state index contributed by atoms with van der Waals surface area (Å²) < 4.78 is 13.4.